The standard InChI is InChI=1S/C26H21FN4OS/c1-16-8-10-19(11-9-16)24-29-25(32-30-24)22-17(2)31(21-6-4-3-5-7-21)26(33)28-23(22)18-12-14-20(27)15-13-18/h3-15,23H,1-2H3,(H,28,33). The van der Waals surface area contributed by atoms with Crippen LogP contribution in [0.1, 0.15) is 30.0 Å². The number of nitrogens with zero attached hydrogens (tertiary/aromatic N) is 3. The fourth-order valence-corrected chi connectivity index (χ4v) is 4.33. The van der Waals surface area contributed by atoms with Gasteiger partial charge in [0.25, 0.3) is 5.89 Å². The number of hydrogen-bond donors (Lipinski definition) is 1. The molecule has 1 atom stereocenters. The number of thiocarbonyl (C=S) groups is 1. The molecule has 0 spiro atoms. The Morgan fingerprint density at radius 1 is 0.939 bits per heavy atom. The first-order valence-electron chi connectivity index (χ1n) is 10.5. The highest BCUT2D eigenvalue weighted by Crippen LogP contribution is 2.39. The number of para-hydroxylation sites is 1. The molecule has 0 saturated carbocycles. The first-order valence-corrected chi connectivity index (χ1v) is 10.9. The zero-order chi connectivity index (χ0) is 22.9. The first kappa shape index (κ1) is 21.0. The molecule has 1 aliphatic heterocycles. The van der Waals surface area contributed by atoms with Crippen LogP contribution in [-0.2, 0) is 0 Å². The number of nitrogens with one attached hydrogen (secondary N) is 1. The topological polar surface area (TPSA) is 54.2 Å². The van der Waals surface area contributed by atoms with Gasteiger partial charge in [-0.05, 0) is 55.9 Å². The average molecular weight is 457 g/mol. The highest BCUT2D eigenvalue weighted by atomic mass is 32.1. The molecule has 33 heavy (non-hydrogen) atoms. The maximum atomic E-state index is 13.6. The number of halogens is 1. The van der Waals surface area contributed by atoms with Gasteiger partial charge in [-0.1, -0.05) is 65.3 Å². The highest BCUT2D eigenvalue weighted by molar-refractivity contribution is 7.80. The van der Waals surface area contributed by atoms with E-state index in [0.29, 0.717) is 16.8 Å². The van der Waals surface area contributed by atoms with Crippen LogP contribution >= 0.6 is 12.2 Å². The lowest BCUT2D eigenvalue weighted by atomic mass is 9.94. The number of hydrogen-bond acceptors (Lipinski definition) is 4. The third-order valence-corrected chi connectivity index (χ3v) is 5.97. The lowest BCUT2D eigenvalue weighted by Crippen LogP contribution is -2.46. The fourth-order valence-electron chi connectivity index (χ4n) is 3.97. The van der Waals surface area contributed by atoms with E-state index in [1.807, 2.05) is 73.3 Å². The van der Waals surface area contributed by atoms with E-state index >= 15 is 0 Å². The average Bonchev–Trinajstić information content (AvgIpc) is 3.30. The van der Waals surface area contributed by atoms with Gasteiger partial charge in [-0.25, -0.2) is 4.39 Å². The summed E-state index contributed by atoms with van der Waals surface area (Å²) in [5, 5.41) is 8.15. The van der Waals surface area contributed by atoms with Crippen molar-refractivity contribution >= 4 is 28.6 Å². The van der Waals surface area contributed by atoms with Gasteiger partial charge in [-0.3, -0.25) is 4.90 Å². The summed E-state index contributed by atoms with van der Waals surface area (Å²) in [6, 6.07) is 23.8. The molecule has 0 amide bonds. The summed E-state index contributed by atoms with van der Waals surface area (Å²) < 4.78 is 19.4. The molecule has 2 heterocycles. The van der Waals surface area contributed by atoms with Gasteiger partial charge in [0.15, 0.2) is 5.11 Å². The lowest BCUT2D eigenvalue weighted by molar-refractivity contribution is 0.404. The second kappa shape index (κ2) is 8.60. The summed E-state index contributed by atoms with van der Waals surface area (Å²) >= 11 is 5.73. The molecule has 0 radical (unpaired) electrons. The Balaban J connectivity index is 1.64. The van der Waals surface area contributed by atoms with Crippen LogP contribution in [0.5, 0.6) is 0 Å². The molecule has 164 valence electrons. The smallest absolute Gasteiger partial charge is 0.258 e. The van der Waals surface area contributed by atoms with Crippen molar-refractivity contribution in [3.05, 3.63) is 107 Å². The molecule has 4 aromatic rings. The predicted molar refractivity (Wildman–Crippen MR) is 131 cm³/mol. The molecule has 0 bridgehead atoms. The predicted octanol–water partition coefficient (Wildman–Crippen LogP) is 6.05. The SMILES string of the molecule is CC1=C(c2nc(-c3ccc(C)cc3)no2)C(c2ccc(F)cc2)NC(=S)N1c1ccccc1. The van der Waals surface area contributed by atoms with Gasteiger partial charge in [0.1, 0.15) is 5.82 Å². The van der Waals surface area contributed by atoms with E-state index in [-0.39, 0.29) is 11.9 Å². The minimum Gasteiger partial charge on any atom is -0.351 e. The van der Waals surface area contributed by atoms with E-state index in [4.69, 9.17) is 21.7 Å². The molecule has 0 aliphatic carbocycles. The van der Waals surface area contributed by atoms with Crippen LogP contribution in [0.2, 0.25) is 0 Å². The summed E-state index contributed by atoms with van der Waals surface area (Å²) in [5.74, 6) is 0.584. The van der Waals surface area contributed by atoms with E-state index < -0.39 is 0 Å². The van der Waals surface area contributed by atoms with Crippen molar-refractivity contribution < 1.29 is 8.91 Å². The minimum absolute atomic E-state index is 0.301. The molecule has 5 rings (SSSR count). The van der Waals surface area contributed by atoms with Crippen molar-refractivity contribution in [1.82, 2.24) is 15.5 Å². The van der Waals surface area contributed by atoms with E-state index in [9.17, 15) is 4.39 Å². The number of anilines is 1. The Morgan fingerprint density at radius 3 is 2.33 bits per heavy atom. The van der Waals surface area contributed by atoms with E-state index in [1.54, 1.807) is 12.1 Å². The molecule has 5 nitrogen and oxygen atoms in total. The van der Waals surface area contributed by atoms with Gasteiger partial charge in [-0.2, -0.15) is 4.98 Å². The van der Waals surface area contributed by atoms with Gasteiger partial charge < -0.3 is 9.84 Å². The number of aryl methyl sites for hydroxylation is 1. The van der Waals surface area contributed by atoms with Crippen molar-refractivity contribution in [2.24, 2.45) is 0 Å². The summed E-state index contributed by atoms with van der Waals surface area (Å²) in [7, 11) is 0. The number of benzene rings is 3. The third-order valence-electron chi connectivity index (χ3n) is 5.67. The van der Waals surface area contributed by atoms with Crippen LogP contribution in [0.3, 0.4) is 0 Å². The summed E-state index contributed by atoms with van der Waals surface area (Å²) in [6.45, 7) is 4.00. The van der Waals surface area contributed by atoms with Crippen molar-refractivity contribution in [2.75, 3.05) is 4.90 Å². The molecule has 1 aliphatic rings. The first-order chi connectivity index (χ1) is 16.0. The van der Waals surface area contributed by atoms with Gasteiger partial charge in [0, 0.05) is 16.9 Å². The zero-order valence-electron chi connectivity index (χ0n) is 18.1. The maximum absolute atomic E-state index is 13.6. The largest absolute Gasteiger partial charge is 0.351 e. The van der Waals surface area contributed by atoms with Gasteiger partial charge in [0.2, 0.25) is 5.82 Å². The van der Waals surface area contributed by atoms with Gasteiger partial charge in [-0.15, -0.1) is 0 Å². The van der Waals surface area contributed by atoms with Crippen LogP contribution in [-0.4, -0.2) is 15.3 Å². The second-order valence-electron chi connectivity index (χ2n) is 7.89. The van der Waals surface area contributed by atoms with Crippen molar-refractivity contribution in [3.63, 3.8) is 0 Å². The van der Waals surface area contributed by atoms with E-state index in [2.05, 4.69) is 10.5 Å². The minimum atomic E-state index is -0.371. The summed E-state index contributed by atoms with van der Waals surface area (Å²) in [4.78, 5) is 6.66. The second-order valence-corrected chi connectivity index (χ2v) is 8.28. The summed E-state index contributed by atoms with van der Waals surface area (Å²) in [6.07, 6.45) is 0. The van der Waals surface area contributed by atoms with Crippen LogP contribution in [0.25, 0.3) is 17.0 Å². The number of allylic oxidation sites excluding steroid dienone is 1. The number of rotatable bonds is 4. The van der Waals surface area contributed by atoms with Crippen LogP contribution in [0, 0.1) is 12.7 Å². The van der Waals surface area contributed by atoms with Crippen LogP contribution in [0.15, 0.2) is 89.1 Å². The fraction of sp³-hybridized carbons (Fsp3) is 0.115. The molecular weight excluding hydrogens is 435 g/mol. The van der Waals surface area contributed by atoms with Gasteiger partial charge in [0.05, 0.1) is 11.6 Å². The van der Waals surface area contributed by atoms with Crippen molar-refractivity contribution in [1.29, 1.82) is 0 Å². The van der Waals surface area contributed by atoms with E-state index in [1.165, 1.54) is 12.1 Å². The van der Waals surface area contributed by atoms with Gasteiger partial charge >= 0.3 is 0 Å². The van der Waals surface area contributed by atoms with E-state index in [0.717, 1.165) is 33.6 Å². The Hall–Kier alpha value is -3.84. The Bertz CT molecular complexity index is 1330. The highest BCUT2D eigenvalue weighted by Gasteiger charge is 2.34. The molecule has 3 aromatic carbocycles. The molecular formula is C26H21FN4OS. The van der Waals surface area contributed by atoms with Crippen LogP contribution in [0.4, 0.5) is 10.1 Å². The Morgan fingerprint density at radius 2 is 1.64 bits per heavy atom. The molecule has 0 fully saturated rings. The lowest BCUT2D eigenvalue weighted by Gasteiger charge is -2.37. The Labute approximate surface area is 196 Å². The molecule has 7 heteroatoms. The third kappa shape index (κ3) is 4.03. The normalized spacial score (nSPS) is 16.2. The Kier molecular flexibility index (Phi) is 5.48. The summed E-state index contributed by atoms with van der Waals surface area (Å²) in [5.41, 5.74) is 5.42. The molecule has 1 N–H and O–H groups in total. The molecule has 0 saturated heterocycles. The maximum Gasteiger partial charge on any atom is 0.258 e. The van der Waals surface area contributed by atoms with Crippen molar-refractivity contribution in [3.8, 4) is 11.4 Å². The molecule has 1 unspecified atom stereocenters. The van der Waals surface area contributed by atoms with Crippen LogP contribution < -0.4 is 10.2 Å². The molecule has 1 aromatic heterocycles. The van der Waals surface area contributed by atoms with Crippen molar-refractivity contribution in [2.45, 2.75) is 19.9 Å². The monoisotopic (exact) mass is 456 g/mol. The zero-order valence-corrected chi connectivity index (χ0v) is 18.9. The number of aromatic nitrogens is 2. The quantitative estimate of drug-likeness (QED) is 0.377.